The van der Waals surface area contributed by atoms with Crippen molar-refractivity contribution >= 4 is 60.3 Å². The molecular formula is C51H34N2. The Hall–Kier alpha value is -6.77. The van der Waals surface area contributed by atoms with E-state index in [0.29, 0.717) is 0 Å². The second kappa shape index (κ2) is 11.9. The SMILES string of the molecule is C1=CC2c3c(cc(-c4ccccc4)c4ccccc34)N(c3cc(-c4ccc5ccccc5c4)c4ccc5ccccc5c4n3)C2C=C1c1ccccc1. The Morgan fingerprint density at radius 2 is 1.09 bits per heavy atom. The third kappa shape index (κ3) is 4.76. The molecule has 248 valence electrons. The van der Waals surface area contributed by atoms with E-state index in [0.717, 1.165) is 22.1 Å². The van der Waals surface area contributed by atoms with Crippen LogP contribution in [0.4, 0.5) is 11.5 Å². The van der Waals surface area contributed by atoms with Crippen molar-refractivity contribution in [3.63, 3.8) is 0 Å². The highest BCUT2D eigenvalue weighted by atomic mass is 15.2. The summed E-state index contributed by atoms with van der Waals surface area (Å²) < 4.78 is 0. The zero-order valence-corrected chi connectivity index (χ0v) is 29.0. The molecule has 2 unspecified atom stereocenters. The van der Waals surface area contributed by atoms with Crippen LogP contribution in [0.25, 0.3) is 71.0 Å². The minimum absolute atomic E-state index is 0.0315. The molecule has 1 aliphatic heterocycles. The minimum atomic E-state index is 0.0315. The first-order valence-corrected chi connectivity index (χ1v) is 18.5. The normalized spacial score (nSPS) is 16.3. The summed E-state index contributed by atoms with van der Waals surface area (Å²) in [5, 5.41) is 8.56. The second-order valence-electron chi connectivity index (χ2n) is 14.3. The summed E-state index contributed by atoms with van der Waals surface area (Å²) in [6.45, 7) is 0. The van der Waals surface area contributed by atoms with Crippen LogP contribution in [0.3, 0.4) is 0 Å². The van der Waals surface area contributed by atoms with Gasteiger partial charge in [-0.3, -0.25) is 0 Å². The average Bonchev–Trinajstić information content (AvgIpc) is 3.57. The zero-order valence-electron chi connectivity index (χ0n) is 29.0. The van der Waals surface area contributed by atoms with Crippen molar-refractivity contribution in [2.24, 2.45) is 0 Å². The van der Waals surface area contributed by atoms with Crippen LogP contribution in [-0.2, 0) is 0 Å². The summed E-state index contributed by atoms with van der Waals surface area (Å²) in [7, 11) is 0. The molecule has 2 aliphatic rings. The van der Waals surface area contributed by atoms with E-state index in [1.54, 1.807) is 0 Å². The fraction of sp³-hybridized carbons (Fsp3) is 0.0392. The zero-order chi connectivity index (χ0) is 34.9. The van der Waals surface area contributed by atoms with Gasteiger partial charge in [-0.2, -0.15) is 0 Å². The van der Waals surface area contributed by atoms with E-state index in [9.17, 15) is 0 Å². The van der Waals surface area contributed by atoms with Crippen LogP contribution in [0.5, 0.6) is 0 Å². The molecular weight excluding hydrogens is 641 g/mol. The van der Waals surface area contributed by atoms with Crippen LogP contribution in [0.2, 0.25) is 0 Å². The van der Waals surface area contributed by atoms with E-state index < -0.39 is 0 Å². The van der Waals surface area contributed by atoms with E-state index in [-0.39, 0.29) is 12.0 Å². The summed E-state index contributed by atoms with van der Waals surface area (Å²) in [6.07, 6.45) is 7.23. The number of fused-ring (bicyclic) bond motifs is 9. The molecule has 8 aromatic carbocycles. The lowest BCUT2D eigenvalue weighted by Gasteiger charge is -2.30. The van der Waals surface area contributed by atoms with Gasteiger partial charge < -0.3 is 4.90 Å². The van der Waals surface area contributed by atoms with Gasteiger partial charge in [-0.1, -0.05) is 176 Å². The molecule has 2 heterocycles. The van der Waals surface area contributed by atoms with E-state index >= 15 is 0 Å². The molecule has 2 heteroatoms. The van der Waals surface area contributed by atoms with Gasteiger partial charge in [0, 0.05) is 22.4 Å². The highest BCUT2D eigenvalue weighted by molar-refractivity contribution is 6.12. The summed E-state index contributed by atoms with van der Waals surface area (Å²) >= 11 is 0. The van der Waals surface area contributed by atoms with Crippen LogP contribution in [-0.4, -0.2) is 11.0 Å². The van der Waals surface area contributed by atoms with Gasteiger partial charge in [0.05, 0.1) is 11.6 Å². The van der Waals surface area contributed by atoms with Gasteiger partial charge >= 0.3 is 0 Å². The van der Waals surface area contributed by atoms with E-state index in [4.69, 9.17) is 4.98 Å². The molecule has 53 heavy (non-hydrogen) atoms. The van der Waals surface area contributed by atoms with Crippen molar-refractivity contribution < 1.29 is 0 Å². The second-order valence-corrected chi connectivity index (χ2v) is 14.3. The summed E-state index contributed by atoms with van der Waals surface area (Å²) in [6, 6.07) is 64.0. The van der Waals surface area contributed by atoms with Crippen molar-refractivity contribution in [1.82, 2.24) is 4.98 Å². The van der Waals surface area contributed by atoms with E-state index in [2.05, 4.69) is 199 Å². The number of rotatable bonds is 4. The first kappa shape index (κ1) is 29.9. The molecule has 2 nitrogen and oxygen atoms in total. The lowest BCUT2D eigenvalue weighted by atomic mass is 9.84. The number of benzene rings is 8. The van der Waals surface area contributed by atoms with Gasteiger partial charge in [0.15, 0.2) is 0 Å². The molecule has 0 fully saturated rings. The van der Waals surface area contributed by atoms with Gasteiger partial charge in [-0.15, -0.1) is 0 Å². The summed E-state index contributed by atoms with van der Waals surface area (Å²) in [5.41, 5.74) is 10.9. The van der Waals surface area contributed by atoms with Crippen molar-refractivity contribution in [2.75, 3.05) is 4.90 Å². The van der Waals surface area contributed by atoms with Crippen LogP contribution < -0.4 is 4.90 Å². The lowest BCUT2D eigenvalue weighted by molar-refractivity contribution is 0.744. The molecule has 11 rings (SSSR count). The van der Waals surface area contributed by atoms with Crippen molar-refractivity contribution in [2.45, 2.75) is 12.0 Å². The van der Waals surface area contributed by atoms with Crippen molar-refractivity contribution in [3.05, 3.63) is 205 Å². The molecule has 9 aromatic rings. The van der Waals surface area contributed by atoms with Gasteiger partial charge in [-0.25, -0.2) is 4.98 Å². The lowest BCUT2D eigenvalue weighted by Crippen LogP contribution is -2.30. The largest absolute Gasteiger partial charge is 0.318 e. The third-order valence-electron chi connectivity index (χ3n) is 11.3. The predicted octanol–water partition coefficient (Wildman–Crippen LogP) is 13.3. The molecule has 0 amide bonds. The molecule has 0 radical (unpaired) electrons. The number of nitrogens with zero attached hydrogens (tertiary/aromatic N) is 2. The number of hydrogen-bond donors (Lipinski definition) is 0. The molecule has 2 atom stereocenters. The third-order valence-corrected chi connectivity index (χ3v) is 11.3. The quantitative estimate of drug-likeness (QED) is 0.173. The molecule has 0 saturated carbocycles. The Balaban J connectivity index is 1.23. The first-order valence-electron chi connectivity index (χ1n) is 18.5. The predicted molar refractivity (Wildman–Crippen MR) is 224 cm³/mol. The smallest absolute Gasteiger partial charge is 0.134 e. The first-order chi connectivity index (χ1) is 26.3. The van der Waals surface area contributed by atoms with Crippen LogP contribution in [0.1, 0.15) is 17.0 Å². The highest BCUT2D eigenvalue weighted by Crippen LogP contribution is 2.54. The van der Waals surface area contributed by atoms with E-state index in [1.807, 2.05) is 0 Å². The number of pyridine rings is 1. The minimum Gasteiger partial charge on any atom is -0.318 e. The van der Waals surface area contributed by atoms with Gasteiger partial charge in [0.2, 0.25) is 0 Å². The van der Waals surface area contributed by atoms with Crippen LogP contribution in [0.15, 0.2) is 194 Å². The maximum Gasteiger partial charge on any atom is 0.134 e. The van der Waals surface area contributed by atoms with Crippen LogP contribution >= 0.6 is 0 Å². The Labute approximate surface area is 308 Å². The molecule has 0 saturated heterocycles. The van der Waals surface area contributed by atoms with Crippen LogP contribution in [0, 0.1) is 0 Å². The number of hydrogen-bond acceptors (Lipinski definition) is 2. The van der Waals surface area contributed by atoms with E-state index in [1.165, 1.54) is 71.6 Å². The topological polar surface area (TPSA) is 16.1 Å². The Morgan fingerprint density at radius 3 is 1.91 bits per heavy atom. The standard InChI is InChI=1S/C51H34N2/c1-3-13-33(14-4-1)38-26-28-44-47(30-38)53(48-31-45(35-16-5-2-6-17-35)41-21-11-12-22-42(41)50(44)48)49-32-46(39-24-23-34-15-7-8-19-37(34)29-39)43-27-25-36-18-9-10-20-40(36)51(43)52-49/h1-32,44,47H. The Bertz CT molecular complexity index is 2960. The molecule has 0 spiro atoms. The molecule has 1 aromatic heterocycles. The number of aromatic nitrogens is 1. The number of anilines is 2. The molecule has 0 bridgehead atoms. The maximum absolute atomic E-state index is 5.68. The van der Waals surface area contributed by atoms with Gasteiger partial charge in [0.25, 0.3) is 0 Å². The summed E-state index contributed by atoms with van der Waals surface area (Å²) in [4.78, 5) is 8.22. The van der Waals surface area contributed by atoms with Crippen molar-refractivity contribution in [1.29, 1.82) is 0 Å². The van der Waals surface area contributed by atoms with Gasteiger partial charge in [0.1, 0.15) is 5.82 Å². The highest BCUT2D eigenvalue weighted by Gasteiger charge is 2.41. The fourth-order valence-electron chi connectivity index (χ4n) is 8.88. The summed E-state index contributed by atoms with van der Waals surface area (Å²) in [5.74, 6) is 1.11. The number of allylic oxidation sites excluding steroid dienone is 2. The van der Waals surface area contributed by atoms with Crippen molar-refractivity contribution in [3.8, 4) is 22.3 Å². The van der Waals surface area contributed by atoms with Gasteiger partial charge in [-0.05, 0) is 84.1 Å². The fourth-order valence-corrected chi connectivity index (χ4v) is 8.88. The monoisotopic (exact) mass is 674 g/mol. The molecule has 0 N–H and O–H groups in total. The molecule has 1 aliphatic carbocycles. The Kier molecular flexibility index (Phi) is 6.72. The maximum atomic E-state index is 5.68. The Morgan fingerprint density at radius 1 is 0.453 bits per heavy atom. The average molecular weight is 675 g/mol.